The third-order valence-electron chi connectivity index (χ3n) is 3.59. The molecule has 0 atom stereocenters. The Balaban J connectivity index is 1.33. The minimum atomic E-state index is 0.847. The smallest absolute Gasteiger partial charge is 0.107 e. The molecule has 1 aromatic carbocycles. The lowest BCUT2D eigenvalue weighted by Gasteiger charge is -2.04. The first-order valence-corrected chi connectivity index (χ1v) is 8.58. The summed E-state index contributed by atoms with van der Waals surface area (Å²) < 4.78 is 5.62. The van der Waals surface area contributed by atoms with Gasteiger partial charge in [-0.2, -0.15) is 0 Å². The fourth-order valence-electron chi connectivity index (χ4n) is 2.16. The van der Waals surface area contributed by atoms with Crippen molar-refractivity contribution in [2.75, 3.05) is 19.8 Å². The van der Waals surface area contributed by atoms with Gasteiger partial charge in [-0.05, 0) is 31.7 Å². The monoisotopic (exact) mass is 302 g/mol. The van der Waals surface area contributed by atoms with Crippen LogP contribution in [0.3, 0.4) is 0 Å². The molecule has 1 saturated carbocycles. The molecule has 4 heteroatoms. The Bertz CT molecular complexity index is 537. The average molecular weight is 302 g/mol. The molecule has 2 aromatic rings. The van der Waals surface area contributed by atoms with E-state index in [0.717, 1.165) is 49.3 Å². The number of nitrogens with zero attached hydrogens (tertiary/aromatic N) is 1. The van der Waals surface area contributed by atoms with E-state index in [1.54, 1.807) is 11.3 Å². The fourth-order valence-corrected chi connectivity index (χ4v) is 2.94. The lowest BCUT2D eigenvalue weighted by atomic mass is 10.2. The second kappa shape index (κ2) is 7.69. The highest BCUT2D eigenvalue weighted by molar-refractivity contribution is 7.09. The highest BCUT2D eigenvalue weighted by Gasteiger charge is 2.20. The number of nitrogens with one attached hydrogen (secondary N) is 1. The van der Waals surface area contributed by atoms with Gasteiger partial charge in [0.25, 0.3) is 0 Å². The molecule has 0 unspecified atom stereocenters. The normalized spacial score (nSPS) is 14.5. The summed E-state index contributed by atoms with van der Waals surface area (Å²) in [4.78, 5) is 4.67. The number of hydrogen-bond donors (Lipinski definition) is 1. The van der Waals surface area contributed by atoms with E-state index in [-0.39, 0.29) is 0 Å². The van der Waals surface area contributed by atoms with Gasteiger partial charge in [0.05, 0.1) is 5.69 Å². The van der Waals surface area contributed by atoms with Crippen molar-refractivity contribution in [2.24, 2.45) is 5.92 Å². The molecule has 1 aliphatic rings. The first-order chi connectivity index (χ1) is 10.4. The van der Waals surface area contributed by atoms with Crippen LogP contribution in [0.5, 0.6) is 0 Å². The van der Waals surface area contributed by atoms with Crippen LogP contribution < -0.4 is 5.32 Å². The first kappa shape index (κ1) is 14.7. The molecule has 0 amide bonds. The van der Waals surface area contributed by atoms with Crippen molar-refractivity contribution in [3.05, 3.63) is 40.7 Å². The maximum atomic E-state index is 5.62. The zero-order chi connectivity index (χ0) is 14.3. The van der Waals surface area contributed by atoms with E-state index in [4.69, 9.17) is 4.74 Å². The molecule has 1 fully saturated rings. The van der Waals surface area contributed by atoms with Crippen LogP contribution in [-0.4, -0.2) is 24.7 Å². The minimum Gasteiger partial charge on any atom is -0.381 e. The number of ether oxygens (including phenoxy) is 1. The van der Waals surface area contributed by atoms with E-state index in [0.29, 0.717) is 0 Å². The Morgan fingerprint density at radius 1 is 1.24 bits per heavy atom. The first-order valence-electron chi connectivity index (χ1n) is 7.70. The van der Waals surface area contributed by atoms with Gasteiger partial charge >= 0.3 is 0 Å². The summed E-state index contributed by atoms with van der Waals surface area (Å²) in [6, 6.07) is 10.3. The van der Waals surface area contributed by atoms with Crippen molar-refractivity contribution >= 4 is 11.3 Å². The number of rotatable bonds is 9. The van der Waals surface area contributed by atoms with Crippen molar-refractivity contribution < 1.29 is 4.74 Å². The summed E-state index contributed by atoms with van der Waals surface area (Å²) in [5.41, 5.74) is 2.26. The van der Waals surface area contributed by atoms with Crippen molar-refractivity contribution in [3.8, 4) is 11.3 Å². The predicted molar refractivity (Wildman–Crippen MR) is 87.4 cm³/mol. The van der Waals surface area contributed by atoms with Gasteiger partial charge in [-0.25, -0.2) is 4.98 Å². The summed E-state index contributed by atoms with van der Waals surface area (Å²) in [5, 5.41) is 6.71. The van der Waals surface area contributed by atoms with E-state index in [1.807, 2.05) is 18.2 Å². The molecule has 0 spiro atoms. The van der Waals surface area contributed by atoms with Gasteiger partial charge in [0.1, 0.15) is 5.01 Å². The summed E-state index contributed by atoms with van der Waals surface area (Å²) in [5.74, 6) is 0.865. The quantitative estimate of drug-likeness (QED) is 0.717. The molecule has 1 aliphatic carbocycles. The van der Waals surface area contributed by atoms with E-state index >= 15 is 0 Å². The van der Waals surface area contributed by atoms with Gasteiger partial charge in [-0.1, -0.05) is 30.3 Å². The number of aromatic nitrogens is 1. The summed E-state index contributed by atoms with van der Waals surface area (Å²) in [7, 11) is 0. The number of hydrogen-bond acceptors (Lipinski definition) is 4. The van der Waals surface area contributed by atoms with Crippen LogP contribution in [0.1, 0.15) is 24.3 Å². The van der Waals surface area contributed by atoms with Crippen LogP contribution in [0.15, 0.2) is 35.7 Å². The molecule has 21 heavy (non-hydrogen) atoms. The largest absolute Gasteiger partial charge is 0.381 e. The zero-order valence-electron chi connectivity index (χ0n) is 12.3. The third-order valence-corrected chi connectivity index (χ3v) is 4.44. The number of thiazole rings is 1. The molecule has 3 nitrogen and oxygen atoms in total. The topological polar surface area (TPSA) is 34.1 Å². The molecule has 1 heterocycles. The van der Waals surface area contributed by atoms with Crippen molar-refractivity contribution in [1.82, 2.24) is 10.3 Å². The van der Waals surface area contributed by atoms with Crippen LogP contribution in [0.25, 0.3) is 11.3 Å². The van der Waals surface area contributed by atoms with Crippen molar-refractivity contribution in [1.29, 1.82) is 0 Å². The molecule has 0 saturated heterocycles. The van der Waals surface area contributed by atoms with Crippen LogP contribution in [0.4, 0.5) is 0 Å². The average Bonchev–Trinajstić information content (AvgIpc) is 3.23. The van der Waals surface area contributed by atoms with Crippen molar-refractivity contribution in [3.63, 3.8) is 0 Å². The second-order valence-corrected chi connectivity index (χ2v) is 6.48. The standard InChI is InChI=1S/C17H22N2OS/c1-2-5-15(6-3-1)16-13-21-17(19-16)11-18-9-4-10-20-12-14-7-8-14/h1-3,5-6,13-14,18H,4,7-12H2. The van der Waals surface area contributed by atoms with Crippen molar-refractivity contribution in [2.45, 2.75) is 25.8 Å². The Labute approximate surface area is 130 Å². The van der Waals surface area contributed by atoms with Crippen LogP contribution >= 0.6 is 11.3 Å². The Morgan fingerprint density at radius 3 is 2.90 bits per heavy atom. The fraction of sp³-hybridized carbons (Fsp3) is 0.471. The minimum absolute atomic E-state index is 0.847. The van der Waals surface area contributed by atoms with Crippen LogP contribution in [-0.2, 0) is 11.3 Å². The highest BCUT2D eigenvalue weighted by Crippen LogP contribution is 2.28. The molecule has 0 radical (unpaired) electrons. The van der Waals surface area contributed by atoms with E-state index in [2.05, 4.69) is 27.8 Å². The van der Waals surface area contributed by atoms with E-state index in [1.165, 1.54) is 18.4 Å². The summed E-state index contributed by atoms with van der Waals surface area (Å²) in [6.45, 7) is 3.68. The molecule has 112 valence electrons. The lowest BCUT2D eigenvalue weighted by molar-refractivity contribution is 0.122. The van der Waals surface area contributed by atoms with Crippen LogP contribution in [0.2, 0.25) is 0 Å². The highest BCUT2D eigenvalue weighted by atomic mass is 32.1. The zero-order valence-corrected chi connectivity index (χ0v) is 13.1. The molecular formula is C17H22N2OS. The molecule has 3 rings (SSSR count). The van der Waals surface area contributed by atoms with Gasteiger partial charge in [0, 0.05) is 30.7 Å². The molecule has 0 aliphatic heterocycles. The van der Waals surface area contributed by atoms with Gasteiger partial charge in [-0.15, -0.1) is 11.3 Å². The van der Waals surface area contributed by atoms with E-state index in [9.17, 15) is 0 Å². The molecule has 0 bridgehead atoms. The van der Waals surface area contributed by atoms with Gasteiger partial charge in [-0.3, -0.25) is 0 Å². The van der Waals surface area contributed by atoms with Gasteiger partial charge in [0.15, 0.2) is 0 Å². The predicted octanol–water partition coefficient (Wildman–Crippen LogP) is 3.72. The molecular weight excluding hydrogens is 280 g/mol. The second-order valence-electron chi connectivity index (χ2n) is 5.54. The van der Waals surface area contributed by atoms with Gasteiger partial charge in [0.2, 0.25) is 0 Å². The summed E-state index contributed by atoms with van der Waals surface area (Å²) in [6.07, 6.45) is 3.81. The summed E-state index contributed by atoms with van der Waals surface area (Å²) >= 11 is 1.72. The Morgan fingerprint density at radius 2 is 2.10 bits per heavy atom. The SMILES string of the molecule is c1ccc(-c2csc(CNCCCOCC3CC3)n2)cc1. The number of benzene rings is 1. The van der Waals surface area contributed by atoms with E-state index < -0.39 is 0 Å². The van der Waals surface area contributed by atoms with Gasteiger partial charge < -0.3 is 10.1 Å². The molecule has 1 N–H and O–H groups in total. The maximum Gasteiger partial charge on any atom is 0.107 e. The van der Waals surface area contributed by atoms with Crippen LogP contribution in [0, 0.1) is 5.92 Å². The Hall–Kier alpha value is -1.23. The third kappa shape index (κ3) is 4.92. The molecule has 1 aromatic heterocycles. The Kier molecular flexibility index (Phi) is 5.38. The lowest BCUT2D eigenvalue weighted by Crippen LogP contribution is -2.16. The maximum absolute atomic E-state index is 5.62.